The second kappa shape index (κ2) is 8.40. The maximum absolute atomic E-state index is 13.6. The van der Waals surface area contributed by atoms with Crippen LogP contribution >= 0.6 is 0 Å². The molecule has 1 aliphatic rings. The molecule has 4 aromatic rings. The maximum Gasteiger partial charge on any atom is 0.374 e. The quantitative estimate of drug-likeness (QED) is 0.398. The van der Waals surface area contributed by atoms with Crippen molar-refractivity contribution in [2.75, 3.05) is 11.9 Å². The van der Waals surface area contributed by atoms with Crippen LogP contribution in [-0.4, -0.2) is 41.5 Å². The summed E-state index contributed by atoms with van der Waals surface area (Å²) < 4.78 is 40.9. The number of furan rings is 1. The number of benzene rings is 1. The van der Waals surface area contributed by atoms with Crippen molar-refractivity contribution in [2.24, 2.45) is 4.40 Å². The Morgan fingerprint density at radius 1 is 1.17 bits per heavy atom. The van der Waals surface area contributed by atoms with E-state index in [-0.39, 0.29) is 57.7 Å². The second-order valence-corrected chi connectivity index (χ2v) is 9.08. The third-order valence-corrected chi connectivity index (χ3v) is 6.65. The van der Waals surface area contributed by atoms with Crippen LogP contribution in [-0.2, 0) is 21.3 Å². The zero-order valence-electron chi connectivity index (χ0n) is 18.3. The Morgan fingerprint density at radius 3 is 2.77 bits per heavy atom. The Morgan fingerprint density at radius 2 is 1.97 bits per heavy atom. The average Bonchev–Trinajstić information content (AvgIpc) is 3.31. The third kappa shape index (κ3) is 3.83. The van der Waals surface area contributed by atoms with Gasteiger partial charge in [-0.05, 0) is 43.3 Å². The first-order chi connectivity index (χ1) is 16.8. The number of nitrogens with zero attached hydrogens (tertiary/aromatic N) is 3. The number of ether oxygens (including phenoxy) is 1. The highest BCUT2D eigenvalue weighted by atomic mass is 32.2. The molecule has 0 atom stereocenters. The number of anilines is 1. The number of hydrogen-bond donors (Lipinski definition) is 2. The summed E-state index contributed by atoms with van der Waals surface area (Å²) in [4.78, 5) is 29.7. The highest BCUT2D eigenvalue weighted by Gasteiger charge is 2.30. The Bertz CT molecular complexity index is 1690. The first-order valence-electron chi connectivity index (χ1n) is 10.5. The number of sulfonamides is 1. The summed E-state index contributed by atoms with van der Waals surface area (Å²) in [6.45, 7) is 1.68. The predicted molar refractivity (Wildman–Crippen MR) is 125 cm³/mol. The van der Waals surface area contributed by atoms with E-state index >= 15 is 0 Å². The Balaban J connectivity index is 1.67. The molecule has 0 bridgehead atoms. The second-order valence-electron chi connectivity index (χ2n) is 7.51. The van der Waals surface area contributed by atoms with Crippen LogP contribution in [0.4, 0.5) is 5.69 Å². The number of carbonyl (C=O) groups is 1. The lowest BCUT2D eigenvalue weighted by molar-refractivity contribution is 0.0488. The molecule has 35 heavy (non-hydrogen) atoms. The molecule has 0 aliphatic carbocycles. The molecule has 0 radical (unpaired) electrons. The van der Waals surface area contributed by atoms with Gasteiger partial charge in [0.1, 0.15) is 27.6 Å². The molecule has 12 heteroatoms. The van der Waals surface area contributed by atoms with Crippen molar-refractivity contribution >= 4 is 38.5 Å². The Kier molecular flexibility index (Phi) is 5.36. The molecule has 0 spiro atoms. The normalized spacial score (nSPS) is 14.1. The number of nitrogens with one attached hydrogen (secondary N) is 1. The highest BCUT2D eigenvalue weighted by Crippen LogP contribution is 2.31. The van der Waals surface area contributed by atoms with Gasteiger partial charge in [-0.2, -0.15) is 8.42 Å². The van der Waals surface area contributed by atoms with E-state index in [4.69, 9.17) is 9.15 Å². The number of rotatable bonds is 5. The summed E-state index contributed by atoms with van der Waals surface area (Å²) in [6, 6.07) is 12.1. The Hall–Kier alpha value is -4.45. The molecular formula is C23H18N4O7S. The van der Waals surface area contributed by atoms with Crippen molar-refractivity contribution in [3.63, 3.8) is 0 Å². The molecule has 1 aromatic carbocycles. The number of aromatic hydroxyl groups is 1. The fourth-order valence-corrected chi connectivity index (χ4v) is 4.90. The van der Waals surface area contributed by atoms with Crippen molar-refractivity contribution in [1.82, 2.24) is 9.55 Å². The first-order valence-corrected chi connectivity index (χ1v) is 11.9. The lowest BCUT2D eigenvalue weighted by Gasteiger charge is -2.20. The van der Waals surface area contributed by atoms with Crippen LogP contribution in [0, 0.1) is 0 Å². The molecule has 5 rings (SSSR count). The molecule has 178 valence electrons. The van der Waals surface area contributed by atoms with Crippen LogP contribution in [0.15, 0.2) is 73.2 Å². The molecule has 0 unspecified atom stereocenters. The van der Waals surface area contributed by atoms with E-state index in [1.54, 1.807) is 25.1 Å². The fourth-order valence-electron chi connectivity index (χ4n) is 3.78. The minimum absolute atomic E-state index is 0.0350. The number of aromatic nitrogens is 2. The van der Waals surface area contributed by atoms with Gasteiger partial charge in [-0.25, -0.2) is 9.78 Å². The zero-order valence-corrected chi connectivity index (χ0v) is 19.1. The molecule has 0 saturated carbocycles. The summed E-state index contributed by atoms with van der Waals surface area (Å²) in [5.41, 5.74) is -0.754. The molecule has 1 aliphatic heterocycles. The SMILES string of the molecule is CCOC(=O)c1ccc(Cn2c(=O)c(C3=NS(=O)(=O)c4ccccc4N3)c(O)c3cccnc32)o1. The molecule has 0 fully saturated rings. The monoisotopic (exact) mass is 494 g/mol. The van der Waals surface area contributed by atoms with Crippen molar-refractivity contribution in [3.05, 3.63) is 82.2 Å². The van der Waals surface area contributed by atoms with E-state index in [1.165, 1.54) is 41.1 Å². The summed E-state index contributed by atoms with van der Waals surface area (Å²) in [6.07, 6.45) is 1.45. The highest BCUT2D eigenvalue weighted by molar-refractivity contribution is 7.90. The molecule has 3 aromatic heterocycles. The molecular weight excluding hydrogens is 476 g/mol. The number of carbonyl (C=O) groups excluding carboxylic acids is 1. The van der Waals surface area contributed by atoms with Crippen molar-refractivity contribution in [1.29, 1.82) is 0 Å². The standard InChI is InChI=1S/C23H18N4O7S/c1-2-33-23(30)16-10-9-13(34-16)12-27-21-14(6-5-11-24-21)19(28)18(22(27)29)20-25-15-7-3-4-8-17(15)35(31,32)26-20/h3-11,28H,2,12H2,1H3,(H,25,26). The smallest absolute Gasteiger partial charge is 0.374 e. The fraction of sp³-hybridized carbons (Fsp3) is 0.130. The number of fused-ring (bicyclic) bond motifs is 2. The summed E-state index contributed by atoms with van der Waals surface area (Å²) in [7, 11) is -4.13. The van der Waals surface area contributed by atoms with E-state index in [0.717, 1.165) is 0 Å². The van der Waals surface area contributed by atoms with Gasteiger partial charge in [-0.3, -0.25) is 9.36 Å². The van der Waals surface area contributed by atoms with Crippen LogP contribution in [0.25, 0.3) is 11.0 Å². The van der Waals surface area contributed by atoms with Crippen molar-refractivity contribution in [2.45, 2.75) is 18.4 Å². The molecule has 4 heterocycles. The minimum Gasteiger partial charge on any atom is -0.506 e. The van der Waals surface area contributed by atoms with Gasteiger partial charge in [0.05, 0.1) is 24.2 Å². The van der Waals surface area contributed by atoms with Gasteiger partial charge in [-0.15, -0.1) is 4.40 Å². The molecule has 0 amide bonds. The first kappa shape index (κ1) is 22.3. The molecule has 11 nitrogen and oxygen atoms in total. The summed E-state index contributed by atoms with van der Waals surface area (Å²) in [5, 5.41) is 14.0. The van der Waals surface area contributed by atoms with Crippen LogP contribution in [0.3, 0.4) is 0 Å². The number of esters is 1. The topological polar surface area (TPSA) is 153 Å². The lowest BCUT2D eigenvalue weighted by atomic mass is 10.1. The third-order valence-electron chi connectivity index (χ3n) is 5.31. The summed E-state index contributed by atoms with van der Waals surface area (Å²) in [5.74, 6) is -1.23. The van der Waals surface area contributed by atoms with Gasteiger partial charge < -0.3 is 19.6 Å². The number of amidine groups is 1. The van der Waals surface area contributed by atoms with Crippen LogP contribution < -0.4 is 10.9 Å². The van der Waals surface area contributed by atoms with Gasteiger partial charge in [0, 0.05) is 6.20 Å². The maximum atomic E-state index is 13.6. The number of para-hydroxylation sites is 1. The van der Waals surface area contributed by atoms with Gasteiger partial charge in [-0.1, -0.05) is 12.1 Å². The minimum atomic E-state index is -4.13. The van der Waals surface area contributed by atoms with E-state index < -0.39 is 27.3 Å². The van der Waals surface area contributed by atoms with E-state index in [2.05, 4.69) is 14.7 Å². The largest absolute Gasteiger partial charge is 0.506 e. The van der Waals surface area contributed by atoms with Gasteiger partial charge in [0.25, 0.3) is 15.6 Å². The van der Waals surface area contributed by atoms with Gasteiger partial charge >= 0.3 is 5.97 Å². The van der Waals surface area contributed by atoms with Gasteiger partial charge in [0.2, 0.25) is 5.76 Å². The van der Waals surface area contributed by atoms with Crippen molar-refractivity contribution in [3.8, 4) is 5.75 Å². The van der Waals surface area contributed by atoms with E-state index in [0.29, 0.717) is 0 Å². The Labute approximate surface area is 198 Å². The molecule has 0 saturated heterocycles. The average molecular weight is 494 g/mol. The van der Waals surface area contributed by atoms with E-state index in [1.807, 2.05) is 0 Å². The van der Waals surface area contributed by atoms with E-state index in [9.17, 15) is 23.1 Å². The predicted octanol–water partition coefficient (Wildman–Crippen LogP) is 2.48. The van der Waals surface area contributed by atoms with Gasteiger partial charge in [0.15, 0.2) is 5.84 Å². The number of pyridine rings is 2. The number of hydrogen-bond acceptors (Lipinski definition) is 9. The van der Waals surface area contributed by atoms with Crippen LogP contribution in [0.5, 0.6) is 5.75 Å². The zero-order chi connectivity index (χ0) is 24.7. The van der Waals surface area contributed by atoms with Crippen LogP contribution in [0.2, 0.25) is 0 Å². The van der Waals surface area contributed by atoms with Crippen molar-refractivity contribution < 1.29 is 27.5 Å². The summed E-state index contributed by atoms with van der Waals surface area (Å²) >= 11 is 0. The van der Waals surface area contributed by atoms with Crippen LogP contribution in [0.1, 0.15) is 28.8 Å². The lowest BCUT2D eigenvalue weighted by Crippen LogP contribution is -2.33. The molecule has 2 N–H and O–H groups in total.